The molecule has 1 heterocycles. The number of rotatable bonds is 8. The van der Waals surface area contributed by atoms with E-state index in [9.17, 15) is 14.4 Å². The highest BCUT2D eigenvalue weighted by molar-refractivity contribution is 6.53. The van der Waals surface area contributed by atoms with Crippen LogP contribution < -0.4 is 25.0 Å². The molecule has 1 aliphatic heterocycles. The van der Waals surface area contributed by atoms with Gasteiger partial charge in [0.25, 0.3) is 17.7 Å². The van der Waals surface area contributed by atoms with Crippen molar-refractivity contribution in [1.29, 1.82) is 0 Å². The van der Waals surface area contributed by atoms with Crippen molar-refractivity contribution in [2.24, 2.45) is 0 Å². The van der Waals surface area contributed by atoms with Gasteiger partial charge in [0.15, 0.2) is 0 Å². The summed E-state index contributed by atoms with van der Waals surface area (Å²) in [5.74, 6) is -0.457. The van der Waals surface area contributed by atoms with E-state index in [-0.39, 0.29) is 16.6 Å². The number of nitrogens with one attached hydrogen (secondary N) is 2. The fourth-order valence-electron chi connectivity index (χ4n) is 3.68. The Hall–Kier alpha value is -4.30. The van der Waals surface area contributed by atoms with E-state index < -0.39 is 11.8 Å². The van der Waals surface area contributed by atoms with E-state index in [4.69, 9.17) is 21.1 Å². The van der Waals surface area contributed by atoms with Crippen molar-refractivity contribution >= 4 is 46.4 Å². The molecule has 0 fully saturated rings. The third-order valence-corrected chi connectivity index (χ3v) is 6.05. The zero-order chi connectivity index (χ0) is 25.8. The van der Waals surface area contributed by atoms with Gasteiger partial charge in [-0.1, -0.05) is 30.7 Å². The summed E-state index contributed by atoms with van der Waals surface area (Å²) in [7, 11) is 3.04. The first-order chi connectivity index (χ1) is 17.4. The molecular weight excluding hydrogens is 482 g/mol. The van der Waals surface area contributed by atoms with Gasteiger partial charge >= 0.3 is 0 Å². The molecule has 0 radical (unpaired) electrons. The van der Waals surface area contributed by atoms with E-state index in [1.54, 1.807) is 54.6 Å². The average Bonchev–Trinajstić information content (AvgIpc) is 3.11. The van der Waals surface area contributed by atoms with Crippen LogP contribution in [0.1, 0.15) is 22.8 Å². The summed E-state index contributed by atoms with van der Waals surface area (Å²) >= 11 is 6.22. The number of halogens is 1. The molecular formula is C27H24ClN3O5. The molecule has 0 aromatic heterocycles. The first kappa shape index (κ1) is 24.8. The van der Waals surface area contributed by atoms with E-state index in [1.807, 2.05) is 19.1 Å². The maximum atomic E-state index is 13.0. The number of amides is 3. The van der Waals surface area contributed by atoms with Crippen LogP contribution >= 0.6 is 11.6 Å². The molecule has 184 valence electrons. The van der Waals surface area contributed by atoms with Crippen molar-refractivity contribution in [3.8, 4) is 11.5 Å². The molecule has 36 heavy (non-hydrogen) atoms. The molecule has 0 atom stereocenters. The Labute approximate surface area is 213 Å². The summed E-state index contributed by atoms with van der Waals surface area (Å²) < 4.78 is 10.5. The van der Waals surface area contributed by atoms with Gasteiger partial charge in [0.05, 0.1) is 25.6 Å². The minimum atomic E-state index is -0.600. The number of ether oxygens (including phenoxy) is 2. The van der Waals surface area contributed by atoms with Crippen LogP contribution in [0.3, 0.4) is 0 Å². The van der Waals surface area contributed by atoms with Crippen molar-refractivity contribution in [1.82, 2.24) is 0 Å². The molecule has 0 spiro atoms. The Bertz CT molecular complexity index is 1350. The van der Waals surface area contributed by atoms with E-state index in [2.05, 4.69) is 10.6 Å². The monoisotopic (exact) mass is 505 g/mol. The van der Waals surface area contributed by atoms with Crippen LogP contribution in [0, 0.1) is 0 Å². The van der Waals surface area contributed by atoms with Crippen molar-refractivity contribution in [3.05, 3.63) is 88.6 Å². The van der Waals surface area contributed by atoms with Gasteiger partial charge in [-0.25, -0.2) is 4.90 Å². The number of hydrogen-bond donors (Lipinski definition) is 2. The van der Waals surface area contributed by atoms with Crippen molar-refractivity contribution < 1.29 is 23.9 Å². The minimum absolute atomic E-state index is 0.0282. The van der Waals surface area contributed by atoms with E-state index in [0.29, 0.717) is 34.1 Å². The molecule has 2 N–H and O–H groups in total. The summed E-state index contributed by atoms with van der Waals surface area (Å²) in [6.45, 7) is 2.02. The quantitative estimate of drug-likeness (QED) is 0.420. The molecule has 3 aromatic carbocycles. The van der Waals surface area contributed by atoms with Crippen molar-refractivity contribution in [3.63, 3.8) is 0 Å². The number of carbonyl (C=O) groups excluding carboxylic acids is 3. The SMILES string of the molecule is CCc1ccc(N2C(=O)C(Cl)=C(Nc3ccc(C(=O)Nc4cc(OC)ccc4OC)cc3)C2=O)cc1. The third-order valence-electron chi connectivity index (χ3n) is 5.70. The maximum Gasteiger partial charge on any atom is 0.283 e. The van der Waals surface area contributed by atoms with Gasteiger partial charge in [-0.2, -0.15) is 0 Å². The molecule has 0 saturated heterocycles. The second-order valence-electron chi connectivity index (χ2n) is 7.88. The predicted molar refractivity (Wildman–Crippen MR) is 139 cm³/mol. The number of hydrogen-bond acceptors (Lipinski definition) is 6. The summed E-state index contributed by atoms with van der Waals surface area (Å²) in [5.41, 5.74) is 2.82. The lowest BCUT2D eigenvalue weighted by molar-refractivity contribution is -0.120. The van der Waals surface area contributed by atoms with Gasteiger partial charge in [-0.15, -0.1) is 0 Å². The molecule has 4 rings (SSSR count). The first-order valence-electron chi connectivity index (χ1n) is 11.1. The lowest BCUT2D eigenvalue weighted by Crippen LogP contribution is -2.32. The van der Waals surface area contributed by atoms with Gasteiger partial charge in [0.1, 0.15) is 22.2 Å². The minimum Gasteiger partial charge on any atom is -0.497 e. The third kappa shape index (κ3) is 4.89. The molecule has 0 saturated carbocycles. The second-order valence-corrected chi connectivity index (χ2v) is 8.26. The Morgan fingerprint density at radius 1 is 0.917 bits per heavy atom. The normalized spacial score (nSPS) is 13.2. The van der Waals surface area contributed by atoms with Crippen molar-refractivity contribution in [2.75, 3.05) is 29.8 Å². The second kappa shape index (κ2) is 10.5. The lowest BCUT2D eigenvalue weighted by Gasteiger charge is -2.15. The fraction of sp³-hybridized carbons (Fsp3) is 0.148. The molecule has 1 aliphatic rings. The molecule has 3 amide bonds. The standard InChI is InChI=1S/C27H24ClN3O5/c1-4-16-5-11-19(12-6-16)31-26(33)23(28)24(27(31)34)29-18-9-7-17(8-10-18)25(32)30-21-15-20(35-2)13-14-22(21)36-3/h5-15,29H,4H2,1-3H3,(H,30,32). The number of carbonyl (C=O) groups is 3. The predicted octanol–water partition coefficient (Wildman–Crippen LogP) is 4.95. The molecule has 0 bridgehead atoms. The number of methoxy groups -OCH3 is 2. The number of imide groups is 1. The highest BCUT2D eigenvalue weighted by Gasteiger charge is 2.38. The first-order valence-corrected chi connectivity index (χ1v) is 11.5. The topological polar surface area (TPSA) is 97.0 Å². The fourth-order valence-corrected chi connectivity index (χ4v) is 3.89. The summed E-state index contributed by atoms with van der Waals surface area (Å²) in [6, 6.07) is 18.6. The van der Waals surface area contributed by atoms with Crippen LogP contribution in [0.4, 0.5) is 17.1 Å². The van der Waals surface area contributed by atoms with Crippen LogP contribution in [0.5, 0.6) is 11.5 Å². The Morgan fingerprint density at radius 3 is 2.22 bits per heavy atom. The highest BCUT2D eigenvalue weighted by atomic mass is 35.5. The van der Waals surface area contributed by atoms with Gasteiger partial charge in [-0.3, -0.25) is 14.4 Å². The van der Waals surface area contributed by atoms with E-state index >= 15 is 0 Å². The number of benzene rings is 3. The van der Waals surface area contributed by atoms with Crippen molar-refractivity contribution in [2.45, 2.75) is 13.3 Å². The Kier molecular flexibility index (Phi) is 7.26. The van der Waals surface area contributed by atoms with E-state index in [1.165, 1.54) is 14.2 Å². The lowest BCUT2D eigenvalue weighted by atomic mass is 10.1. The summed E-state index contributed by atoms with van der Waals surface area (Å²) in [4.78, 5) is 39.5. The van der Waals surface area contributed by atoms with Crippen LogP contribution in [-0.2, 0) is 16.0 Å². The highest BCUT2D eigenvalue weighted by Crippen LogP contribution is 2.31. The van der Waals surface area contributed by atoms with Gasteiger partial charge in [0.2, 0.25) is 0 Å². The number of nitrogens with zero attached hydrogens (tertiary/aromatic N) is 1. The van der Waals surface area contributed by atoms with Crippen LogP contribution in [-0.4, -0.2) is 31.9 Å². The van der Waals surface area contributed by atoms with Crippen LogP contribution in [0.15, 0.2) is 77.5 Å². The van der Waals surface area contributed by atoms with Gasteiger partial charge < -0.3 is 20.1 Å². The smallest absolute Gasteiger partial charge is 0.283 e. The van der Waals surface area contributed by atoms with Crippen LogP contribution in [0.2, 0.25) is 0 Å². The Morgan fingerprint density at radius 2 is 1.61 bits per heavy atom. The zero-order valence-electron chi connectivity index (χ0n) is 19.9. The summed E-state index contributed by atoms with van der Waals surface area (Å²) in [6.07, 6.45) is 0.842. The maximum absolute atomic E-state index is 13.0. The Balaban J connectivity index is 1.48. The molecule has 9 heteroatoms. The van der Waals surface area contributed by atoms with Gasteiger partial charge in [-0.05, 0) is 60.5 Å². The molecule has 0 unspecified atom stereocenters. The van der Waals surface area contributed by atoms with Crippen LogP contribution in [0.25, 0.3) is 0 Å². The zero-order valence-corrected chi connectivity index (χ0v) is 20.7. The van der Waals surface area contributed by atoms with Gasteiger partial charge in [0, 0.05) is 17.3 Å². The van der Waals surface area contributed by atoms with E-state index in [0.717, 1.165) is 16.9 Å². The summed E-state index contributed by atoms with van der Waals surface area (Å²) in [5, 5.41) is 5.50. The molecule has 3 aromatic rings. The molecule has 0 aliphatic carbocycles. The molecule has 8 nitrogen and oxygen atoms in total. The number of anilines is 3. The largest absolute Gasteiger partial charge is 0.497 e. The average molecular weight is 506 g/mol. The number of aryl methyl sites for hydroxylation is 1.